The zero-order valence-corrected chi connectivity index (χ0v) is 13.9. The maximum Gasteiger partial charge on any atom is 0.415 e. The Hall–Kier alpha value is -3.16. The largest absolute Gasteiger partial charge is 0.475 e. The van der Waals surface area contributed by atoms with Crippen molar-refractivity contribution in [3.05, 3.63) is 30.6 Å². The van der Waals surface area contributed by atoms with Crippen LogP contribution in [0.3, 0.4) is 0 Å². The molecule has 1 fully saturated rings. The van der Waals surface area contributed by atoms with Crippen LogP contribution in [-0.4, -0.2) is 45.5 Å². The summed E-state index contributed by atoms with van der Waals surface area (Å²) in [5.74, 6) is 1.09. The Bertz CT molecular complexity index is 937. The molecule has 128 valence electrons. The first-order chi connectivity index (χ1) is 12.1. The summed E-state index contributed by atoms with van der Waals surface area (Å²) in [6, 6.07) is 5.54. The second-order valence-corrected chi connectivity index (χ2v) is 5.98. The Kier molecular flexibility index (Phi) is 3.72. The fourth-order valence-electron chi connectivity index (χ4n) is 2.74. The fraction of sp³-hybridized carbons (Fsp3) is 0.294. The van der Waals surface area contributed by atoms with Gasteiger partial charge in [-0.1, -0.05) is 0 Å². The van der Waals surface area contributed by atoms with E-state index in [9.17, 15) is 4.79 Å². The van der Waals surface area contributed by atoms with Gasteiger partial charge in [-0.2, -0.15) is 5.10 Å². The molecule has 4 heterocycles. The van der Waals surface area contributed by atoms with E-state index < -0.39 is 0 Å². The number of hydrogen-bond donors (Lipinski definition) is 1. The van der Waals surface area contributed by atoms with E-state index in [2.05, 4.69) is 20.2 Å². The molecule has 1 aliphatic heterocycles. The molecule has 1 amide bonds. The lowest BCUT2D eigenvalue weighted by Gasteiger charge is -2.12. The molecule has 3 aromatic rings. The molecule has 1 aliphatic rings. The summed E-state index contributed by atoms with van der Waals surface area (Å²) < 4.78 is 10.6. The van der Waals surface area contributed by atoms with E-state index in [1.807, 2.05) is 32.0 Å². The van der Waals surface area contributed by atoms with Crippen LogP contribution >= 0.6 is 0 Å². The van der Waals surface area contributed by atoms with Gasteiger partial charge in [0, 0.05) is 23.2 Å². The van der Waals surface area contributed by atoms with E-state index in [-0.39, 0.29) is 12.2 Å². The highest BCUT2D eigenvalue weighted by Crippen LogP contribution is 2.30. The summed E-state index contributed by atoms with van der Waals surface area (Å²) in [5.41, 5.74) is 2.41. The van der Waals surface area contributed by atoms with Gasteiger partial charge < -0.3 is 9.47 Å². The van der Waals surface area contributed by atoms with Gasteiger partial charge in [-0.05, 0) is 26.0 Å². The first-order valence-electron chi connectivity index (χ1n) is 8.03. The zero-order valence-electron chi connectivity index (χ0n) is 13.9. The van der Waals surface area contributed by atoms with Gasteiger partial charge in [-0.15, -0.1) is 0 Å². The van der Waals surface area contributed by atoms with E-state index in [0.29, 0.717) is 24.8 Å². The van der Waals surface area contributed by atoms with Crippen molar-refractivity contribution >= 4 is 22.8 Å². The van der Waals surface area contributed by atoms with Gasteiger partial charge >= 0.3 is 6.09 Å². The number of nitrogens with one attached hydrogen (secondary N) is 1. The van der Waals surface area contributed by atoms with Gasteiger partial charge in [-0.3, -0.25) is 10.00 Å². The molecule has 0 spiro atoms. The van der Waals surface area contributed by atoms with Crippen molar-refractivity contribution < 1.29 is 14.3 Å². The molecule has 0 atom stereocenters. The van der Waals surface area contributed by atoms with Crippen LogP contribution in [0, 0.1) is 0 Å². The standard InChI is InChI=1S/C17H17N5O3/c1-10(2)25-15-8-12-13(9-19-15)20-21-16(12)11-3-4-18-14(7-11)22-5-6-24-17(22)23/h3-4,7-10H,5-6H2,1-2H3,(H,20,21). The number of nitrogens with zero attached hydrogens (tertiary/aromatic N) is 4. The number of cyclic esters (lactones) is 1. The number of fused-ring (bicyclic) bond motifs is 1. The van der Waals surface area contributed by atoms with Gasteiger partial charge in [0.25, 0.3) is 0 Å². The second kappa shape index (κ2) is 6.04. The number of ether oxygens (including phenoxy) is 2. The first kappa shape index (κ1) is 15.4. The Morgan fingerprint density at radius 3 is 2.96 bits per heavy atom. The Morgan fingerprint density at radius 2 is 2.20 bits per heavy atom. The lowest BCUT2D eigenvalue weighted by Crippen LogP contribution is -2.24. The number of anilines is 1. The maximum absolute atomic E-state index is 11.7. The van der Waals surface area contributed by atoms with Gasteiger partial charge in [0.1, 0.15) is 18.1 Å². The summed E-state index contributed by atoms with van der Waals surface area (Å²) in [6.45, 7) is 4.77. The highest BCUT2D eigenvalue weighted by molar-refractivity contribution is 5.94. The number of H-pyrrole nitrogens is 1. The molecule has 0 saturated carbocycles. The van der Waals surface area contributed by atoms with Crippen molar-refractivity contribution in [3.8, 4) is 17.1 Å². The molecule has 4 rings (SSSR count). The summed E-state index contributed by atoms with van der Waals surface area (Å²) in [4.78, 5) is 21.8. The van der Waals surface area contributed by atoms with Crippen LogP contribution in [0.5, 0.6) is 5.88 Å². The van der Waals surface area contributed by atoms with Gasteiger partial charge in [0.15, 0.2) is 0 Å². The zero-order chi connectivity index (χ0) is 17.4. The topological polar surface area (TPSA) is 93.2 Å². The maximum atomic E-state index is 11.7. The molecule has 0 aromatic carbocycles. The van der Waals surface area contributed by atoms with E-state index >= 15 is 0 Å². The summed E-state index contributed by atoms with van der Waals surface area (Å²) in [7, 11) is 0. The molecule has 1 saturated heterocycles. The molecule has 0 aliphatic carbocycles. The average Bonchev–Trinajstić information content (AvgIpc) is 3.20. The molecule has 1 N–H and O–H groups in total. The summed E-state index contributed by atoms with van der Waals surface area (Å²) >= 11 is 0. The number of carbonyl (C=O) groups excluding carboxylic acids is 1. The Balaban J connectivity index is 1.75. The molecule has 8 heteroatoms. The molecule has 25 heavy (non-hydrogen) atoms. The van der Waals surface area contributed by atoms with E-state index in [0.717, 1.165) is 22.2 Å². The number of aromatic amines is 1. The highest BCUT2D eigenvalue weighted by Gasteiger charge is 2.25. The fourth-order valence-corrected chi connectivity index (χ4v) is 2.74. The van der Waals surface area contributed by atoms with Crippen LogP contribution in [0.1, 0.15) is 13.8 Å². The summed E-state index contributed by atoms with van der Waals surface area (Å²) in [5, 5.41) is 8.26. The lowest BCUT2D eigenvalue weighted by atomic mass is 10.1. The number of carbonyl (C=O) groups is 1. The van der Waals surface area contributed by atoms with Crippen LogP contribution < -0.4 is 9.64 Å². The molecule has 0 radical (unpaired) electrons. The third-order valence-corrected chi connectivity index (χ3v) is 3.83. The van der Waals surface area contributed by atoms with Crippen molar-refractivity contribution in [1.29, 1.82) is 0 Å². The Labute approximate surface area is 143 Å². The lowest BCUT2D eigenvalue weighted by molar-refractivity contribution is 0.181. The average molecular weight is 339 g/mol. The minimum atomic E-state index is -0.381. The molecule has 0 bridgehead atoms. The molecule has 3 aromatic heterocycles. The van der Waals surface area contributed by atoms with E-state index in [1.165, 1.54) is 4.90 Å². The number of amides is 1. The van der Waals surface area contributed by atoms with E-state index in [4.69, 9.17) is 9.47 Å². The van der Waals surface area contributed by atoms with Crippen LogP contribution in [0.25, 0.3) is 22.2 Å². The van der Waals surface area contributed by atoms with Crippen molar-refractivity contribution in [2.24, 2.45) is 0 Å². The predicted molar refractivity (Wildman–Crippen MR) is 91.6 cm³/mol. The third kappa shape index (κ3) is 2.86. The number of aromatic nitrogens is 4. The van der Waals surface area contributed by atoms with Crippen LogP contribution in [-0.2, 0) is 4.74 Å². The summed E-state index contributed by atoms with van der Waals surface area (Å²) in [6.07, 6.45) is 3.01. The number of hydrogen-bond acceptors (Lipinski definition) is 6. The number of pyridine rings is 2. The highest BCUT2D eigenvalue weighted by atomic mass is 16.6. The van der Waals surface area contributed by atoms with Gasteiger partial charge in [-0.25, -0.2) is 14.8 Å². The van der Waals surface area contributed by atoms with Gasteiger partial charge in [0.05, 0.1) is 24.4 Å². The van der Waals surface area contributed by atoms with Crippen LogP contribution in [0.15, 0.2) is 30.6 Å². The molecular formula is C17H17N5O3. The van der Waals surface area contributed by atoms with Crippen LogP contribution in [0.4, 0.5) is 10.6 Å². The van der Waals surface area contributed by atoms with E-state index in [1.54, 1.807) is 12.4 Å². The van der Waals surface area contributed by atoms with Crippen LogP contribution in [0.2, 0.25) is 0 Å². The Morgan fingerprint density at radius 1 is 1.32 bits per heavy atom. The number of rotatable bonds is 4. The predicted octanol–water partition coefficient (Wildman–Crippen LogP) is 2.76. The van der Waals surface area contributed by atoms with Crippen molar-refractivity contribution in [2.75, 3.05) is 18.1 Å². The smallest absolute Gasteiger partial charge is 0.415 e. The minimum Gasteiger partial charge on any atom is -0.475 e. The monoisotopic (exact) mass is 339 g/mol. The normalized spacial score (nSPS) is 14.4. The van der Waals surface area contributed by atoms with Crippen molar-refractivity contribution in [3.63, 3.8) is 0 Å². The molecular weight excluding hydrogens is 322 g/mol. The minimum absolute atomic E-state index is 0.0361. The van der Waals surface area contributed by atoms with Crippen molar-refractivity contribution in [2.45, 2.75) is 20.0 Å². The SMILES string of the molecule is CC(C)Oc1cc2c(-c3ccnc(N4CCOC4=O)c3)n[nH]c2cn1. The van der Waals surface area contributed by atoms with Crippen molar-refractivity contribution in [1.82, 2.24) is 20.2 Å². The molecule has 0 unspecified atom stereocenters. The third-order valence-electron chi connectivity index (χ3n) is 3.83. The quantitative estimate of drug-likeness (QED) is 0.785. The van der Waals surface area contributed by atoms with Gasteiger partial charge in [0.2, 0.25) is 5.88 Å². The first-order valence-corrected chi connectivity index (χ1v) is 8.03. The molecule has 8 nitrogen and oxygen atoms in total. The second-order valence-electron chi connectivity index (χ2n) is 5.98.